The summed E-state index contributed by atoms with van der Waals surface area (Å²) >= 11 is 5.55. The minimum Gasteiger partial charge on any atom is -0.355 e. The molecule has 0 saturated carbocycles. The van der Waals surface area contributed by atoms with Crippen molar-refractivity contribution in [1.82, 2.24) is 24.6 Å². The molecule has 1 heterocycles. The van der Waals surface area contributed by atoms with Gasteiger partial charge in [-0.1, -0.05) is 37.3 Å². The molecule has 0 atom stereocenters. The Morgan fingerprint density at radius 1 is 1.29 bits per heavy atom. The van der Waals surface area contributed by atoms with E-state index in [0.717, 1.165) is 24.4 Å². The minimum atomic E-state index is 0.0177. The summed E-state index contributed by atoms with van der Waals surface area (Å²) in [5, 5.41) is 7.54. The molecule has 1 aromatic heterocycles. The normalized spacial score (nSPS) is 11.0. The zero-order valence-electron chi connectivity index (χ0n) is 14.5. The number of rotatable bonds is 8. The van der Waals surface area contributed by atoms with Crippen LogP contribution in [-0.4, -0.2) is 45.3 Å². The second kappa shape index (κ2) is 8.75. The number of hydrogen-bond donors (Lipinski definition) is 1. The Bertz CT molecular complexity index is 722. The molecule has 0 aliphatic carbocycles. The van der Waals surface area contributed by atoms with Gasteiger partial charge in [0.2, 0.25) is 5.91 Å². The van der Waals surface area contributed by atoms with Crippen LogP contribution >= 0.6 is 12.2 Å². The van der Waals surface area contributed by atoms with Crippen LogP contribution in [0.1, 0.15) is 20.3 Å². The third kappa shape index (κ3) is 4.52. The van der Waals surface area contributed by atoms with Crippen molar-refractivity contribution in [2.45, 2.75) is 33.5 Å². The lowest BCUT2D eigenvalue weighted by atomic mass is 10.2. The van der Waals surface area contributed by atoms with Crippen molar-refractivity contribution in [3.63, 3.8) is 0 Å². The van der Waals surface area contributed by atoms with Crippen LogP contribution in [0.2, 0.25) is 0 Å². The first-order chi connectivity index (χ1) is 11.6. The summed E-state index contributed by atoms with van der Waals surface area (Å²) in [5.74, 6) is 0.871. The molecular weight excluding hydrogens is 322 g/mol. The number of hydrogen-bond acceptors (Lipinski definition) is 4. The van der Waals surface area contributed by atoms with Crippen LogP contribution in [0, 0.1) is 4.77 Å². The Kier molecular flexibility index (Phi) is 6.69. The molecule has 0 spiro atoms. The fourth-order valence-corrected chi connectivity index (χ4v) is 2.78. The summed E-state index contributed by atoms with van der Waals surface area (Å²) in [6.45, 7) is 6.34. The standard InChI is InChI=1S/C17H25N5OS/c1-4-11-18-15(23)12-20(3)13-22-17(24)21(5-2)16(19-22)14-9-7-6-8-10-14/h6-10H,4-5,11-13H2,1-3H3,(H,18,23). The molecule has 2 aromatic rings. The highest BCUT2D eigenvalue weighted by Crippen LogP contribution is 2.18. The van der Waals surface area contributed by atoms with E-state index in [1.54, 1.807) is 4.68 Å². The number of aromatic nitrogens is 3. The van der Waals surface area contributed by atoms with Gasteiger partial charge in [0.05, 0.1) is 13.2 Å². The fourth-order valence-electron chi connectivity index (χ4n) is 2.46. The smallest absolute Gasteiger partial charge is 0.234 e. The molecule has 0 fully saturated rings. The van der Waals surface area contributed by atoms with Crippen molar-refractivity contribution in [2.24, 2.45) is 0 Å². The average Bonchev–Trinajstić information content (AvgIpc) is 2.89. The average molecular weight is 347 g/mol. The molecule has 0 saturated heterocycles. The van der Waals surface area contributed by atoms with Gasteiger partial charge in [-0.25, -0.2) is 4.68 Å². The van der Waals surface area contributed by atoms with Crippen LogP contribution in [0.5, 0.6) is 0 Å². The van der Waals surface area contributed by atoms with Crippen molar-refractivity contribution < 1.29 is 4.79 Å². The largest absolute Gasteiger partial charge is 0.355 e. The van der Waals surface area contributed by atoms with E-state index in [1.165, 1.54) is 0 Å². The highest BCUT2D eigenvalue weighted by molar-refractivity contribution is 7.71. The van der Waals surface area contributed by atoms with E-state index in [4.69, 9.17) is 12.2 Å². The van der Waals surface area contributed by atoms with Crippen molar-refractivity contribution in [2.75, 3.05) is 20.1 Å². The maximum absolute atomic E-state index is 11.8. The van der Waals surface area contributed by atoms with E-state index >= 15 is 0 Å². The number of nitrogens with one attached hydrogen (secondary N) is 1. The van der Waals surface area contributed by atoms with Gasteiger partial charge in [-0.15, -0.1) is 0 Å². The Hall–Kier alpha value is -1.99. The molecule has 0 aliphatic rings. The van der Waals surface area contributed by atoms with Gasteiger partial charge < -0.3 is 9.88 Å². The van der Waals surface area contributed by atoms with E-state index in [-0.39, 0.29) is 5.91 Å². The third-order valence-corrected chi connectivity index (χ3v) is 4.06. The highest BCUT2D eigenvalue weighted by Gasteiger charge is 2.13. The topological polar surface area (TPSA) is 55.1 Å². The van der Waals surface area contributed by atoms with Gasteiger partial charge in [-0.3, -0.25) is 9.69 Å². The summed E-state index contributed by atoms with van der Waals surface area (Å²) in [7, 11) is 1.89. The number of carbonyl (C=O) groups is 1. The SMILES string of the molecule is CCCNC(=O)CN(C)Cn1nc(-c2ccccc2)n(CC)c1=S. The summed E-state index contributed by atoms with van der Waals surface area (Å²) in [4.78, 5) is 13.7. The summed E-state index contributed by atoms with van der Waals surface area (Å²) in [5.41, 5.74) is 1.03. The number of likely N-dealkylation sites (N-methyl/N-ethyl adjacent to an activating group) is 1. The van der Waals surface area contributed by atoms with Gasteiger partial charge in [-0.2, -0.15) is 5.10 Å². The Morgan fingerprint density at radius 2 is 2.00 bits per heavy atom. The van der Waals surface area contributed by atoms with Gasteiger partial charge in [0.15, 0.2) is 10.6 Å². The van der Waals surface area contributed by atoms with Crippen molar-refractivity contribution in [3.8, 4) is 11.4 Å². The second-order valence-corrected chi connectivity index (χ2v) is 6.09. The molecule has 0 radical (unpaired) electrons. The van der Waals surface area contributed by atoms with E-state index in [2.05, 4.69) is 17.3 Å². The van der Waals surface area contributed by atoms with Gasteiger partial charge in [0.25, 0.3) is 0 Å². The van der Waals surface area contributed by atoms with Gasteiger partial charge in [-0.05, 0) is 32.6 Å². The Labute approximate surface area is 148 Å². The molecule has 7 heteroatoms. The van der Waals surface area contributed by atoms with Crippen molar-refractivity contribution in [1.29, 1.82) is 0 Å². The van der Waals surface area contributed by atoms with Gasteiger partial charge in [0, 0.05) is 18.7 Å². The lowest BCUT2D eigenvalue weighted by Gasteiger charge is -2.15. The second-order valence-electron chi connectivity index (χ2n) is 5.72. The zero-order chi connectivity index (χ0) is 17.5. The van der Waals surface area contributed by atoms with Gasteiger partial charge in [0.1, 0.15) is 0 Å². The van der Waals surface area contributed by atoms with Crippen molar-refractivity contribution in [3.05, 3.63) is 35.1 Å². The zero-order valence-corrected chi connectivity index (χ0v) is 15.3. The number of amides is 1. The number of benzene rings is 1. The molecule has 1 N–H and O–H groups in total. The molecule has 1 aromatic carbocycles. The molecule has 24 heavy (non-hydrogen) atoms. The lowest BCUT2D eigenvalue weighted by molar-refractivity contribution is -0.122. The first kappa shape index (κ1) is 18.4. The molecule has 1 amide bonds. The van der Waals surface area contributed by atoms with Crippen molar-refractivity contribution >= 4 is 18.1 Å². The maximum atomic E-state index is 11.8. The minimum absolute atomic E-state index is 0.0177. The first-order valence-electron chi connectivity index (χ1n) is 8.25. The molecule has 2 rings (SSSR count). The quantitative estimate of drug-likeness (QED) is 0.746. The lowest BCUT2D eigenvalue weighted by Crippen LogP contribution is -2.36. The molecule has 0 unspecified atom stereocenters. The van der Waals surface area contributed by atoms with Crippen LogP contribution in [0.3, 0.4) is 0 Å². The third-order valence-electron chi connectivity index (χ3n) is 3.63. The maximum Gasteiger partial charge on any atom is 0.234 e. The monoisotopic (exact) mass is 347 g/mol. The summed E-state index contributed by atoms with van der Waals surface area (Å²) in [6.07, 6.45) is 0.932. The molecule has 130 valence electrons. The predicted molar refractivity (Wildman–Crippen MR) is 98.1 cm³/mol. The summed E-state index contributed by atoms with van der Waals surface area (Å²) < 4.78 is 4.45. The predicted octanol–water partition coefficient (Wildman–Crippen LogP) is 2.52. The first-order valence-corrected chi connectivity index (χ1v) is 8.66. The molecule has 6 nitrogen and oxygen atoms in total. The Morgan fingerprint density at radius 3 is 2.62 bits per heavy atom. The summed E-state index contributed by atoms with van der Waals surface area (Å²) in [6, 6.07) is 10.0. The molecule has 0 bridgehead atoms. The van der Waals surface area contributed by atoms with E-state index in [0.29, 0.717) is 24.5 Å². The van der Waals surface area contributed by atoms with Crippen LogP contribution in [-0.2, 0) is 18.0 Å². The van der Waals surface area contributed by atoms with E-state index in [9.17, 15) is 4.79 Å². The van der Waals surface area contributed by atoms with Crippen LogP contribution in [0.15, 0.2) is 30.3 Å². The fraction of sp³-hybridized carbons (Fsp3) is 0.471. The van der Waals surface area contributed by atoms with E-state index < -0.39 is 0 Å². The van der Waals surface area contributed by atoms with Crippen LogP contribution in [0.4, 0.5) is 0 Å². The van der Waals surface area contributed by atoms with E-state index in [1.807, 2.05) is 53.8 Å². The highest BCUT2D eigenvalue weighted by atomic mass is 32.1. The number of carbonyl (C=O) groups excluding carboxylic acids is 1. The van der Waals surface area contributed by atoms with Crippen LogP contribution < -0.4 is 5.32 Å². The van der Waals surface area contributed by atoms with Gasteiger partial charge >= 0.3 is 0 Å². The molecule has 0 aliphatic heterocycles. The molecular formula is C17H25N5OS. The van der Waals surface area contributed by atoms with Crippen LogP contribution in [0.25, 0.3) is 11.4 Å². The Balaban J connectivity index is 2.15. The number of nitrogens with zero attached hydrogens (tertiary/aromatic N) is 4.